The van der Waals surface area contributed by atoms with E-state index >= 15 is 0 Å². The van der Waals surface area contributed by atoms with Gasteiger partial charge in [0.15, 0.2) is 11.2 Å². The Balaban J connectivity index is 1.85. The minimum absolute atomic E-state index is 0.0840. The van der Waals surface area contributed by atoms with Crippen LogP contribution in [-0.4, -0.2) is 16.1 Å². The third-order valence-corrected chi connectivity index (χ3v) is 4.74. The van der Waals surface area contributed by atoms with E-state index in [1.165, 1.54) is 18.2 Å². The molecular weight excluding hydrogens is 387 g/mol. The summed E-state index contributed by atoms with van der Waals surface area (Å²) in [6.07, 6.45) is 1.58. The van der Waals surface area contributed by atoms with Crippen molar-refractivity contribution in [2.75, 3.05) is 5.32 Å². The zero-order valence-electron chi connectivity index (χ0n) is 15.9. The van der Waals surface area contributed by atoms with Gasteiger partial charge in [0.25, 0.3) is 0 Å². The Kier molecular flexibility index (Phi) is 5.02. The maximum Gasteiger partial charge on any atom is 0.337 e. The number of anilines is 1. The molecule has 0 saturated heterocycles. The maximum atomic E-state index is 14.3. The molecule has 1 atom stereocenters. The Morgan fingerprint density at radius 2 is 1.90 bits per heavy atom. The molecular formula is C23H17FN2O4. The third kappa shape index (κ3) is 3.65. The van der Waals surface area contributed by atoms with Crippen molar-refractivity contribution in [3.05, 3.63) is 94.0 Å². The van der Waals surface area contributed by atoms with Crippen LogP contribution in [0.15, 0.2) is 76.1 Å². The molecule has 30 heavy (non-hydrogen) atoms. The van der Waals surface area contributed by atoms with Gasteiger partial charge in [-0.25, -0.2) is 9.18 Å². The van der Waals surface area contributed by atoms with Crippen LogP contribution >= 0.6 is 0 Å². The van der Waals surface area contributed by atoms with Crippen molar-refractivity contribution in [3.63, 3.8) is 0 Å². The molecule has 0 spiro atoms. The highest BCUT2D eigenvalue weighted by atomic mass is 19.1. The first kappa shape index (κ1) is 19.3. The molecule has 0 amide bonds. The normalized spacial score (nSPS) is 11.9. The van der Waals surface area contributed by atoms with Crippen molar-refractivity contribution < 1.29 is 18.7 Å². The predicted octanol–water partition coefficient (Wildman–Crippen LogP) is 4.87. The highest BCUT2D eigenvalue weighted by molar-refractivity contribution is 5.94. The standard InChI is InChI=1S/C23H17FN2O4/c1-13(26-18-7-3-2-6-15(18)23(28)29)16-10-14(24)11-17-20(27)12-21(30-22(16)17)19-8-4-5-9-25-19/h2-13,26H,1H3,(H,28,29). The lowest BCUT2D eigenvalue weighted by molar-refractivity contribution is 0.0698. The zero-order valence-corrected chi connectivity index (χ0v) is 15.9. The Labute approximate surface area is 170 Å². The molecule has 6 nitrogen and oxygen atoms in total. The van der Waals surface area contributed by atoms with Crippen molar-refractivity contribution in [2.45, 2.75) is 13.0 Å². The average molecular weight is 404 g/mol. The number of nitrogens with zero attached hydrogens (tertiary/aromatic N) is 1. The topological polar surface area (TPSA) is 92.4 Å². The van der Waals surface area contributed by atoms with Crippen LogP contribution in [0.5, 0.6) is 0 Å². The van der Waals surface area contributed by atoms with Crippen molar-refractivity contribution in [1.82, 2.24) is 4.98 Å². The van der Waals surface area contributed by atoms with Gasteiger partial charge in [0.1, 0.15) is 17.1 Å². The van der Waals surface area contributed by atoms with Gasteiger partial charge < -0.3 is 14.8 Å². The van der Waals surface area contributed by atoms with Crippen LogP contribution in [0.3, 0.4) is 0 Å². The van der Waals surface area contributed by atoms with Gasteiger partial charge in [-0.1, -0.05) is 18.2 Å². The van der Waals surface area contributed by atoms with E-state index in [9.17, 15) is 19.1 Å². The van der Waals surface area contributed by atoms with Crippen molar-refractivity contribution >= 4 is 22.6 Å². The summed E-state index contributed by atoms with van der Waals surface area (Å²) < 4.78 is 20.3. The van der Waals surface area contributed by atoms with Crippen LogP contribution in [0.4, 0.5) is 10.1 Å². The number of pyridine rings is 1. The summed E-state index contributed by atoms with van der Waals surface area (Å²) in [5.41, 5.74) is 1.15. The second-order valence-electron chi connectivity index (χ2n) is 6.78. The first-order valence-corrected chi connectivity index (χ1v) is 9.21. The minimum atomic E-state index is -1.08. The smallest absolute Gasteiger partial charge is 0.337 e. The molecule has 2 aromatic carbocycles. The van der Waals surface area contributed by atoms with Crippen LogP contribution in [-0.2, 0) is 0 Å². The lowest BCUT2D eigenvalue weighted by Gasteiger charge is -2.18. The van der Waals surface area contributed by atoms with Gasteiger partial charge in [0.2, 0.25) is 0 Å². The highest BCUT2D eigenvalue weighted by Crippen LogP contribution is 2.30. The van der Waals surface area contributed by atoms with Crippen LogP contribution in [0, 0.1) is 5.82 Å². The van der Waals surface area contributed by atoms with Gasteiger partial charge in [-0.05, 0) is 43.3 Å². The lowest BCUT2D eigenvalue weighted by Crippen LogP contribution is -2.12. The molecule has 1 unspecified atom stereocenters. The fourth-order valence-corrected chi connectivity index (χ4v) is 3.31. The number of carboxylic acid groups (broad SMARTS) is 1. The summed E-state index contributed by atoms with van der Waals surface area (Å²) in [6, 6.07) is 14.8. The summed E-state index contributed by atoms with van der Waals surface area (Å²) in [7, 11) is 0. The van der Waals surface area contributed by atoms with Gasteiger partial charge in [-0.3, -0.25) is 9.78 Å². The number of carboxylic acids is 1. The number of para-hydroxylation sites is 1. The number of aromatic carboxylic acids is 1. The Bertz CT molecular complexity index is 1300. The lowest BCUT2D eigenvalue weighted by atomic mass is 10.0. The number of carbonyl (C=O) groups is 1. The average Bonchev–Trinajstić information content (AvgIpc) is 2.74. The molecule has 4 aromatic rings. The number of fused-ring (bicyclic) bond motifs is 1. The van der Waals surface area contributed by atoms with Gasteiger partial charge in [0, 0.05) is 23.5 Å². The number of benzene rings is 2. The van der Waals surface area contributed by atoms with Gasteiger partial charge in [0.05, 0.1) is 17.0 Å². The Morgan fingerprint density at radius 1 is 1.13 bits per heavy atom. The molecule has 0 saturated carbocycles. The molecule has 0 aliphatic rings. The SMILES string of the molecule is CC(Nc1ccccc1C(=O)O)c1cc(F)cc2c(=O)cc(-c3ccccn3)oc12. The monoisotopic (exact) mass is 404 g/mol. The quantitative estimate of drug-likeness (QED) is 0.493. The largest absolute Gasteiger partial charge is 0.478 e. The van der Waals surface area contributed by atoms with E-state index in [1.54, 1.807) is 49.5 Å². The summed E-state index contributed by atoms with van der Waals surface area (Å²) in [5, 5.41) is 12.6. The van der Waals surface area contributed by atoms with Gasteiger partial charge in [-0.2, -0.15) is 0 Å². The van der Waals surface area contributed by atoms with E-state index in [0.29, 0.717) is 16.9 Å². The van der Waals surface area contributed by atoms with E-state index in [1.807, 2.05) is 0 Å². The van der Waals surface area contributed by atoms with E-state index in [-0.39, 0.29) is 22.3 Å². The van der Waals surface area contributed by atoms with E-state index < -0.39 is 23.3 Å². The third-order valence-electron chi connectivity index (χ3n) is 4.74. The second kappa shape index (κ2) is 7.79. The Hall–Kier alpha value is -4.00. The summed E-state index contributed by atoms with van der Waals surface area (Å²) in [4.78, 5) is 28.3. The molecule has 0 bridgehead atoms. The number of halogens is 1. The molecule has 0 fully saturated rings. The predicted molar refractivity (Wildman–Crippen MR) is 111 cm³/mol. The van der Waals surface area contributed by atoms with Gasteiger partial charge in [-0.15, -0.1) is 0 Å². The van der Waals surface area contributed by atoms with Crippen molar-refractivity contribution in [1.29, 1.82) is 0 Å². The summed E-state index contributed by atoms with van der Waals surface area (Å²) >= 11 is 0. The van der Waals surface area contributed by atoms with E-state index in [0.717, 1.165) is 6.07 Å². The molecule has 4 rings (SSSR count). The fraction of sp³-hybridized carbons (Fsp3) is 0.0870. The number of nitrogens with one attached hydrogen (secondary N) is 1. The van der Waals surface area contributed by atoms with Crippen LogP contribution < -0.4 is 10.7 Å². The molecule has 0 radical (unpaired) electrons. The maximum absolute atomic E-state index is 14.3. The van der Waals surface area contributed by atoms with Crippen molar-refractivity contribution in [2.24, 2.45) is 0 Å². The summed E-state index contributed by atoms with van der Waals surface area (Å²) in [5.74, 6) is -1.41. The number of aromatic nitrogens is 1. The van der Waals surface area contributed by atoms with E-state index in [2.05, 4.69) is 10.3 Å². The highest BCUT2D eigenvalue weighted by Gasteiger charge is 2.19. The first-order chi connectivity index (χ1) is 14.4. The molecule has 2 N–H and O–H groups in total. The Morgan fingerprint density at radius 3 is 2.63 bits per heavy atom. The molecule has 150 valence electrons. The van der Waals surface area contributed by atoms with E-state index in [4.69, 9.17) is 4.42 Å². The van der Waals surface area contributed by atoms with Crippen LogP contribution in [0.2, 0.25) is 0 Å². The molecule has 2 heterocycles. The number of hydrogen-bond acceptors (Lipinski definition) is 5. The zero-order chi connectivity index (χ0) is 21.3. The molecule has 0 aliphatic heterocycles. The second-order valence-corrected chi connectivity index (χ2v) is 6.78. The van der Waals surface area contributed by atoms with Gasteiger partial charge >= 0.3 is 5.97 Å². The minimum Gasteiger partial charge on any atom is -0.478 e. The molecule has 7 heteroatoms. The first-order valence-electron chi connectivity index (χ1n) is 9.21. The molecule has 2 aromatic heterocycles. The fourth-order valence-electron chi connectivity index (χ4n) is 3.31. The van der Waals surface area contributed by atoms with Crippen molar-refractivity contribution in [3.8, 4) is 11.5 Å². The molecule has 0 aliphatic carbocycles. The van der Waals surface area contributed by atoms with Crippen LogP contribution in [0.25, 0.3) is 22.4 Å². The van der Waals surface area contributed by atoms with Crippen LogP contribution in [0.1, 0.15) is 28.9 Å². The summed E-state index contributed by atoms with van der Waals surface area (Å²) in [6.45, 7) is 1.74. The number of rotatable bonds is 5. The number of hydrogen-bond donors (Lipinski definition) is 2.